The van der Waals surface area contributed by atoms with Gasteiger partial charge in [-0.25, -0.2) is 19.3 Å². The summed E-state index contributed by atoms with van der Waals surface area (Å²) in [7, 11) is 0. The monoisotopic (exact) mass is 501 g/mol. The molecule has 3 aliphatic rings. The highest BCUT2D eigenvalue weighted by Crippen LogP contribution is 2.55. The fourth-order valence-corrected chi connectivity index (χ4v) is 6.38. The molecule has 35 heavy (non-hydrogen) atoms. The van der Waals surface area contributed by atoms with Crippen molar-refractivity contribution in [2.75, 3.05) is 13.1 Å². The van der Waals surface area contributed by atoms with Crippen molar-refractivity contribution in [1.82, 2.24) is 25.3 Å². The van der Waals surface area contributed by atoms with Crippen molar-refractivity contribution in [2.24, 2.45) is 0 Å². The lowest BCUT2D eigenvalue weighted by Crippen LogP contribution is -2.75. The van der Waals surface area contributed by atoms with Crippen molar-refractivity contribution in [2.45, 2.75) is 49.0 Å². The fraction of sp³-hybridized carbons (Fsp3) is 0.435. The molecule has 0 saturated carbocycles. The molecule has 186 valence electrons. The number of urea groups is 2. The minimum absolute atomic E-state index is 0.130. The van der Waals surface area contributed by atoms with Crippen LogP contribution in [0.4, 0.5) is 9.59 Å². The fourth-order valence-electron chi connectivity index (χ4n) is 4.68. The number of amides is 6. The lowest BCUT2D eigenvalue weighted by molar-refractivity contribution is -0.173. The van der Waals surface area contributed by atoms with Crippen LogP contribution in [-0.4, -0.2) is 78.5 Å². The molecule has 3 fully saturated rings. The number of nitrogens with zero attached hydrogens (tertiary/aromatic N) is 3. The Labute approximate surface area is 206 Å². The predicted molar refractivity (Wildman–Crippen MR) is 127 cm³/mol. The number of fused-ring (bicyclic) bond motifs is 1. The normalized spacial score (nSPS) is 25.9. The Morgan fingerprint density at radius 3 is 2.46 bits per heavy atom. The van der Waals surface area contributed by atoms with Gasteiger partial charge in [0.2, 0.25) is 17.5 Å². The van der Waals surface area contributed by atoms with Crippen LogP contribution in [0.15, 0.2) is 42.6 Å². The van der Waals surface area contributed by atoms with Gasteiger partial charge in [0.05, 0.1) is 23.1 Å². The van der Waals surface area contributed by atoms with Gasteiger partial charge in [-0.15, -0.1) is 11.8 Å². The number of β-lactam (4-membered cyclic amide) rings is 1. The average Bonchev–Trinajstić information content (AvgIpc) is 3.24. The van der Waals surface area contributed by atoms with Crippen molar-refractivity contribution in [3.8, 4) is 0 Å². The zero-order chi connectivity index (χ0) is 25.5. The van der Waals surface area contributed by atoms with Gasteiger partial charge in [-0.1, -0.05) is 36.4 Å². The summed E-state index contributed by atoms with van der Waals surface area (Å²) in [6, 6.07) is 5.69. The van der Waals surface area contributed by atoms with Crippen LogP contribution in [0.1, 0.15) is 38.8 Å². The quantitative estimate of drug-likeness (QED) is 0.504. The van der Waals surface area contributed by atoms with E-state index in [1.807, 2.05) is 0 Å². The lowest BCUT2D eigenvalue weighted by atomic mass is 9.89. The third-order valence-corrected chi connectivity index (χ3v) is 8.00. The van der Waals surface area contributed by atoms with Gasteiger partial charge in [-0.2, -0.15) is 0 Å². The first-order chi connectivity index (χ1) is 16.5. The summed E-state index contributed by atoms with van der Waals surface area (Å²) in [5.41, 5.74) is -1.61. The maximum absolute atomic E-state index is 13.6. The number of rotatable bonds is 6. The summed E-state index contributed by atoms with van der Waals surface area (Å²) in [6.07, 6.45) is 3.43. The zero-order valence-corrected chi connectivity index (χ0v) is 20.4. The summed E-state index contributed by atoms with van der Waals surface area (Å²) in [4.78, 5) is 67.7. The second-order valence-electron chi connectivity index (χ2n) is 8.96. The average molecular weight is 502 g/mol. The lowest BCUT2D eigenvalue weighted by Gasteiger charge is -2.46. The topological polar surface area (TPSA) is 139 Å². The van der Waals surface area contributed by atoms with Gasteiger partial charge < -0.3 is 15.7 Å². The summed E-state index contributed by atoms with van der Waals surface area (Å²) < 4.78 is -1.05. The number of thioether (sulfide) groups is 1. The van der Waals surface area contributed by atoms with E-state index < -0.39 is 40.4 Å². The first-order valence-corrected chi connectivity index (χ1v) is 12.0. The number of aliphatic carboxylic acids is 1. The van der Waals surface area contributed by atoms with Gasteiger partial charge in [0, 0.05) is 12.7 Å². The second kappa shape index (κ2) is 8.91. The summed E-state index contributed by atoms with van der Waals surface area (Å²) >= 11 is 1.30. The van der Waals surface area contributed by atoms with Gasteiger partial charge in [-0.3, -0.25) is 19.4 Å². The van der Waals surface area contributed by atoms with E-state index in [9.17, 15) is 29.1 Å². The van der Waals surface area contributed by atoms with Gasteiger partial charge in [0.15, 0.2) is 0 Å². The molecule has 6 amide bonds. The predicted octanol–water partition coefficient (Wildman–Crippen LogP) is 1.69. The molecule has 12 heteroatoms. The van der Waals surface area contributed by atoms with Crippen molar-refractivity contribution in [1.29, 1.82) is 0 Å². The SMILES string of the molecule is CC=CN1CCN(C(=O)NC(C(=O)N[C@@]2(C(=O)O)N3C(=O)C[C@H]3SC2(C)C)c2ccccc2)C1=O. The molecule has 0 bridgehead atoms. The maximum Gasteiger partial charge on any atom is 0.352 e. The van der Waals surface area contributed by atoms with Gasteiger partial charge in [-0.05, 0) is 26.3 Å². The third kappa shape index (κ3) is 3.91. The summed E-state index contributed by atoms with van der Waals surface area (Å²) in [5.74, 6) is -2.55. The van der Waals surface area contributed by atoms with Crippen LogP contribution in [0.3, 0.4) is 0 Å². The van der Waals surface area contributed by atoms with E-state index in [4.69, 9.17) is 0 Å². The molecule has 11 nitrogen and oxygen atoms in total. The number of hydrogen-bond acceptors (Lipinski definition) is 6. The highest BCUT2D eigenvalue weighted by atomic mass is 32.2. The molecule has 3 heterocycles. The number of hydrogen-bond donors (Lipinski definition) is 3. The summed E-state index contributed by atoms with van der Waals surface area (Å²) in [5, 5.41) is 15.0. The minimum atomic E-state index is -2.00. The molecule has 4 rings (SSSR count). The number of carboxylic acid groups (broad SMARTS) is 1. The molecule has 1 aromatic carbocycles. The number of carboxylic acids is 1. The van der Waals surface area contributed by atoms with Crippen LogP contribution in [-0.2, 0) is 14.4 Å². The summed E-state index contributed by atoms with van der Waals surface area (Å²) in [6.45, 7) is 5.51. The molecule has 0 spiro atoms. The van der Waals surface area contributed by atoms with Crippen LogP contribution in [0.5, 0.6) is 0 Å². The molecule has 0 aliphatic carbocycles. The highest BCUT2D eigenvalue weighted by Gasteiger charge is 2.70. The molecule has 3 atom stereocenters. The molecule has 1 aromatic rings. The van der Waals surface area contributed by atoms with Crippen LogP contribution >= 0.6 is 11.8 Å². The van der Waals surface area contributed by atoms with Crippen molar-refractivity contribution in [3.63, 3.8) is 0 Å². The number of carbonyl (C=O) groups excluding carboxylic acids is 4. The van der Waals surface area contributed by atoms with E-state index in [1.54, 1.807) is 63.4 Å². The van der Waals surface area contributed by atoms with Crippen LogP contribution in [0.2, 0.25) is 0 Å². The molecule has 3 saturated heterocycles. The van der Waals surface area contributed by atoms with Gasteiger partial charge >= 0.3 is 18.0 Å². The Bertz CT molecular complexity index is 1110. The number of carbonyl (C=O) groups is 5. The Morgan fingerprint density at radius 2 is 1.86 bits per heavy atom. The van der Waals surface area contributed by atoms with Crippen LogP contribution < -0.4 is 10.6 Å². The zero-order valence-electron chi connectivity index (χ0n) is 19.6. The van der Waals surface area contributed by atoms with E-state index in [1.165, 1.54) is 21.6 Å². The number of allylic oxidation sites excluding steroid dienone is 1. The molecule has 3 aliphatic heterocycles. The van der Waals surface area contributed by atoms with E-state index in [-0.39, 0.29) is 24.2 Å². The Kier molecular flexibility index (Phi) is 6.26. The highest BCUT2D eigenvalue weighted by molar-refractivity contribution is 8.01. The van der Waals surface area contributed by atoms with E-state index in [0.717, 1.165) is 4.90 Å². The Balaban J connectivity index is 1.63. The molecular weight excluding hydrogens is 474 g/mol. The van der Waals surface area contributed by atoms with Crippen molar-refractivity contribution >= 4 is 41.6 Å². The third-order valence-electron chi connectivity index (χ3n) is 6.46. The standard InChI is InChI=1S/C23H27N5O6S/c1-4-10-26-11-12-27(21(26)34)20(33)24-17(14-8-6-5-7-9-14)18(30)25-23(19(31)32)22(2,3)35-16-13-15(29)28(16)23/h4-10,16-17H,11-13H2,1-3H3,(H,24,33)(H,25,30)(H,31,32)/t16-,17?,23+/m1/s1. The van der Waals surface area contributed by atoms with Crippen LogP contribution in [0, 0.1) is 0 Å². The number of nitrogens with one attached hydrogen (secondary N) is 2. The van der Waals surface area contributed by atoms with E-state index in [2.05, 4.69) is 10.6 Å². The first kappa shape index (κ1) is 24.6. The van der Waals surface area contributed by atoms with Gasteiger partial charge in [0.25, 0.3) is 0 Å². The number of benzene rings is 1. The van der Waals surface area contributed by atoms with Crippen molar-refractivity contribution in [3.05, 3.63) is 48.2 Å². The second-order valence-corrected chi connectivity index (χ2v) is 10.8. The minimum Gasteiger partial charge on any atom is -0.478 e. The van der Waals surface area contributed by atoms with Gasteiger partial charge in [0.1, 0.15) is 6.04 Å². The maximum atomic E-state index is 13.6. The molecule has 1 unspecified atom stereocenters. The largest absolute Gasteiger partial charge is 0.478 e. The van der Waals surface area contributed by atoms with E-state index in [0.29, 0.717) is 12.1 Å². The number of imide groups is 1. The van der Waals surface area contributed by atoms with Crippen LogP contribution in [0.25, 0.3) is 0 Å². The molecular formula is C23H27N5O6S. The van der Waals surface area contributed by atoms with Crippen molar-refractivity contribution < 1.29 is 29.1 Å². The smallest absolute Gasteiger partial charge is 0.352 e. The molecule has 0 radical (unpaired) electrons. The molecule has 0 aromatic heterocycles. The first-order valence-electron chi connectivity index (χ1n) is 11.2. The van der Waals surface area contributed by atoms with E-state index >= 15 is 0 Å². The molecule has 3 N–H and O–H groups in total. The Hall–Kier alpha value is -3.54. The Morgan fingerprint density at radius 1 is 1.17 bits per heavy atom.